The van der Waals surface area contributed by atoms with Gasteiger partial charge in [-0.2, -0.15) is 0 Å². The average Bonchev–Trinajstić information content (AvgIpc) is 2.30. The molecule has 2 unspecified atom stereocenters. The van der Waals surface area contributed by atoms with Gasteiger partial charge in [0.2, 0.25) is 0 Å². The van der Waals surface area contributed by atoms with Crippen LogP contribution in [0.5, 0.6) is 0 Å². The van der Waals surface area contributed by atoms with Gasteiger partial charge in [0.1, 0.15) is 0 Å². The summed E-state index contributed by atoms with van der Waals surface area (Å²) < 4.78 is 0. The second-order valence-corrected chi connectivity index (χ2v) is 6.21. The number of rotatable bonds is 3. The minimum absolute atomic E-state index is 0.0792. The van der Waals surface area contributed by atoms with Crippen LogP contribution in [0.1, 0.15) is 38.2 Å². The fraction of sp³-hybridized carbons (Fsp3) is 0.571. The number of halogens is 1. The van der Waals surface area contributed by atoms with Gasteiger partial charge in [-0.3, -0.25) is 10.1 Å². The van der Waals surface area contributed by atoms with Crippen molar-refractivity contribution in [3.05, 3.63) is 38.9 Å². The van der Waals surface area contributed by atoms with Crippen molar-refractivity contribution < 1.29 is 4.92 Å². The van der Waals surface area contributed by atoms with Gasteiger partial charge < -0.3 is 5.73 Å². The molecule has 1 aliphatic carbocycles. The standard InChI is InChI=1S/C14H19ClN2O2/c1-10-3-2-6-14(16,8-10)9-11-4-5-12(15)7-13(11)17(18)19/h4-5,7,10H,2-3,6,8-9,16H2,1H3. The Morgan fingerprint density at radius 1 is 1.58 bits per heavy atom. The molecule has 0 heterocycles. The lowest BCUT2D eigenvalue weighted by Gasteiger charge is -2.36. The molecule has 0 bridgehead atoms. The summed E-state index contributed by atoms with van der Waals surface area (Å²) in [6.07, 6.45) is 4.69. The van der Waals surface area contributed by atoms with Crippen molar-refractivity contribution in [2.24, 2.45) is 11.7 Å². The van der Waals surface area contributed by atoms with E-state index in [-0.39, 0.29) is 16.1 Å². The molecular weight excluding hydrogens is 264 g/mol. The highest BCUT2D eigenvalue weighted by molar-refractivity contribution is 6.30. The van der Waals surface area contributed by atoms with Gasteiger partial charge in [-0.15, -0.1) is 0 Å². The van der Waals surface area contributed by atoms with Crippen molar-refractivity contribution in [1.82, 2.24) is 0 Å². The molecule has 2 atom stereocenters. The molecule has 0 amide bonds. The molecular formula is C14H19ClN2O2. The van der Waals surface area contributed by atoms with Crippen molar-refractivity contribution in [2.75, 3.05) is 0 Å². The number of hydrogen-bond acceptors (Lipinski definition) is 3. The zero-order valence-electron chi connectivity index (χ0n) is 11.1. The first kappa shape index (κ1) is 14.3. The lowest BCUT2D eigenvalue weighted by Crippen LogP contribution is -2.45. The Hall–Kier alpha value is -1.13. The van der Waals surface area contributed by atoms with Crippen molar-refractivity contribution in [3.8, 4) is 0 Å². The molecule has 1 aliphatic rings. The first-order chi connectivity index (χ1) is 8.89. The molecule has 2 N–H and O–H groups in total. The Bertz CT molecular complexity index is 492. The third-order valence-electron chi connectivity index (χ3n) is 3.91. The molecule has 19 heavy (non-hydrogen) atoms. The van der Waals surface area contributed by atoms with E-state index in [0.29, 0.717) is 22.9 Å². The third kappa shape index (κ3) is 3.45. The van der Waals surface area contributed by atoms with Gasteiger partial charge in [-0.25, -0.2) is 0 Å². The van der Waals surface area contributed by atoms with E-state index >= 15 is 0 Å². The van der Waals surface area contributed by atoms with Gasteiger partial charge in [-0.1, -0.05) is 37.4 Å². The number of hydrogen-bond donors (Lipinski definition) is 1. The summed E-state index contributed by atoms with van der Waals surface area (Å²) in [5.74, 6) is 0.588. The van der Waals surface area contributed by atoms with Crippen LogP contribution in [0.15, 0.2) is 18.2 Å². The van der Waals surface area contributed by atoms with E-state index in [4.69, 9.17) is 17.3 Å². The number of nitro groups is 1. The Labute approximate surface area is 118 Å². The summed E-state index contributed by atoms with van der Waals surface area (Å²) in [4.78, 5) is 10.7. The summed E-state index contributed by atoms with van der Waals surface area (Å²) in [7, 11) is 0. The highest BCUT2D eigenvalue weighted by Crippen LogP contribution is 2.35. The normalized spacial score (nSPS) is 27.2. The van der Waals surface area contributed by atoms with Crippen LogP contribution in [-0.2, 0) is 6.42 Å². The van der Waals surface area contributed by atoms with Gasteiger partial charge in [0.05, 0.1) is 4.92 Å². The molecule has 4 nitrogen and oxygen atoms in total. The Balaban J connectivity index is 2.25. The maximum Gasteiger partial charge on any atom is 0.274 e. The van der Waals surface area contributed by atoms with Crippen LogP contribution in [-0.4, -0.2) is 10.5 Å². The first-order valence-corrected chi connectivity index (χ1v) is 6.99. The van der Waals surface area contributed by atoms with Crippen molar-refractivity contribution >= 4 is 17.3 Å². The lowest BCUT2D eigenvalue weighted by molar-refractivity contribution is -0.385. The second-order valence-electron chi connectivity index (χ2n) is 5.77. The molecule has 1 aromatic rings. The van der Waals surface area contributed by atoms with Crippen LogP contribution >= 0.6 is 11.6 Å². The Morgan fingerprint density at radius 3 is 2.95 bits per heavy atom. The molecule has 1 saturated carbocycles. The van der Waals surface area contributed by atoms with E-state index in [1.165, 1.54) is 12.5 Å². The van der Waals surface area contributed by atoms with Crippen LogP contribution in [0.4, 0.5) is 5.69 Å². The Morgan fingerprint density at radius 2 is 2.32 bits per heavy atom. The van der Waals surface area contributed by atoms with Gasteiger partial charge in [0.15, 0.2) is 0 Å². The fourth-order valence-electron chi connectivity index (χ4n) is 3.10. The fourth-order valence-corrected chi connectivity index (χ4v) is 3.26. The summed E-state index contributed by atoms with van der Waals surface area (Å²) in [5.41, 5.74) is 6.88. The maximum absolute atomic E-state index is 11.1. The van der Waals surface area contributed by atoms with Crippen molar-refractivity contribution in [1.29, 1.82) is 0 Å². The minimum Gasteiger partial charge on any atom is -0.325 e. The molecule has 5 heteroatoms. The molecule has 1 aromatic carbocycles. The predicted octanol–water partition coefficient (Wildman–Crippen LogP) is 3.70. The van der Waals surface area contributed by atoms with Gasteiger partial charge in [0, 0.05) is 22.2 Å². The topological polar surface area (TPSA) is 69.2 Å². The number of nitro benzene ring substituents is 1. The zero-order chi connectivity index (χ0) is 14.0. The van der Waals surface area contributed by atoms with Crippen molar-refractivity contribution in [3.63, 3.8) is 0 Å². The molecule has 104 valence electrons. The number of nitrogens with zero attached hydrogens (tertiary/aromatic N) is 1. The quantitative estimate of drug-likeness (QED) is 0.679. The number of nitrogens with two attached hydrogens (primary N) is 1. The molecule has 0 aliphatic heterocycles. The molecule has 0 aromatic heterocycles. The van der Waals surface area contributed by atoms with Crippen LogP contribution < -0.4 is 5.73 Å². The number of benzene rings is 1. The second kappa shape index (κ2) is 5.47. The molecule has 0 spiro atoms. The lowest BCUT2D eigenvalue weighted by atomic mass is 9.74. The molecule has 2 rings (SSSR count). The van der Waals surface area contributed by atoms with E-state index in [1.807, 2.05) is 0 Å². The monoisotopic (exact) mass is 282 g/mol. The largest absolute Gasteiger partial charge is 0.325 e. The van der Waals surface area contributed by atoms with Gasteiger partial charge in [-0.05, 0) is 31.2 Å². The summed E-state index contributed by atoms with van der Waals surface area (Å²) in [6.45, 7) is 2.19. The van der Waals surface area contributed by atoms with E-state index in [1.54, 1.807) is 12.1 Å². The van der Waals surface area contributed by atoms with E-state index in [2.05, 4.69) is 6.92 Å². The van der Waals surface area contributed by atoms with E-state index in [0.717, 1.165) is 19.3 Å². The van der Waals surface area contributed by atoms with E-state index < -0.39 is 0 Å². The first-order valence-electron chi connectivity index (χ1n) is 6.61. The van der Waals surface area contributed by atoms with Gasteiger partial charge >= 0.3 is 0 Å². The Kier molecular flexibility index (Phi) is 4.11. The summed E-state index contributed by atoms with van der Waals surface area (Å²) in [6, 6.07) is 4.83. The average molecular weight is 283 g/mol. The molecule has 0 saturated heterocycles. The van der Waals surface area contributed by atoms with E-state index in [9.17, 15) is 10.1 Å². The third-order valence-corrected chi connectivity index (χ3v) is 4.15. The van der Waals surface area contributed by atoms with Crippen LogP contribution in [0.2, 0.25) is 5.02 Å². The molecule has 1 fully saturated rings. The SMILES string of the molecule is CC1CCCC(N)(Cc2ccc(Cl)cc2[N+](=O)[O-])C1. The van der Waals surface area contributed by atoms with Crippen molar-refractivity contribution in [2.45, 2.75) is 44.6 Å². The molecule has 0 radical (unpaired) electrons. The van der Waals surface area contributed by atoms with Crippen LogP contribution in [0.25, 0.3) is 0 Å². The summed E-state index contributed by atoms with van der Waals surface area (Å²) >= 11 is 5.83. The zero-order valence-corrected chi connectivity index (χ0v) is 11.8. The van der Waals surface area contributed by atoms with Crippen LogP contribution in [0, 0.1) is 16.0 Å². The minimum atomic E-state index is -0.378. The van der Waals surface area contributed by atoms with Gasteiger partial charge in [0.25, 0.3) is 5.69 Å². The maximum atomic E-state index is 11.1. The van der Waals surface area contributed by atoms with Crippen LogP contribution in [0.3, 0.4) is 0 Å². The summed E-state index contributed by atoms with van der Waals surface area (Å²) in [5, 5.41) is 11.5. The predicted molar refractivity (Wildman–Crippen MR) is 76.4 cm³/mol. The smallest absolute Gasteiger partial charge is 0.274 e. The highest BCUT2D eigenvalue weighted by Gasteiger charge is 2.33. The highest BCUT2D eigenvalue weighted by atomic mass is 35.5.